The minimum atomic E-state index is -0.00918. The SMILES string of the molecule is COc1ccc([C@H]2CC(=O)c3c(C)nn(-c4nc5ccccc5[nH]4)c3C2)c(OC)c1. The molecular weight excluding hydrogens is 380 g/mol. The van der Waals surface area contributed by atoms with Gasteiger partial charge < -0.3 is 14.5 Å². The third kappa shape index (κ3) is 2.85. The number of Topliss-reactive ketones (excluding diaryl/α,β-unsaturated/α-hetero) is 1. The van der Waals surface area contributed by atoms with Crippen molar-refractivity contribution >= 4 is 16.8 Å². The Hall–Kier alpha value is -3.61. The van der Waals surface area contributed by atoms with Crippen LogP contribution >= 0.6 is 0 Å². The van der Waals surface area contributed by atoms with Crippen LogP contribution in [0.5, 0.6) is 11.5 Å². The minimum Gasteiger partial charge on any atom is -0.497 e. The van der Waals surface area contributed by atoms with Crippen molar-refractivity contribution < 1.29 is 14.3 Å². The molecule has 0 saturated carbocycles. The van der Waals surface area contributed by atoms with E-state index in [9.17, 15) is 4.79 Å². The molecule has 1 atom stereocenters. The molecule has 0 fully saturated rings. The fourth-order valence-corrected chi connectivity index (χ4v) is 4.35. The zero-order chi connectivity index (χ0) is 20.8. The smallest absolute Gasteiger partial charge is 0.229 e. The van der Waals surface area contributed by atoms with Gasteiger partial charge >= 0.3 is 0 Å². The van der Waals surface area contributed by atoms with Crippen LogP contribution in [0.15, 0.2) is 42.5 Å². The number of H-pyrrole nitrogens is 1. The third-order valence-electron chi connectivity index (χ3n) is 5.76. The summed E-state index contributed by atoms with van der Waals surface area (Å²) in [4.78, 5) is 21.1. The number of para-hydroxylation sites is 2. The summed E-state index contributed by atoms with van der Waals surface area (Å²) in [6.45, 7) is 1.88. The predicted molar refractivity (Wildman–Crippen MR) is 113 cm³/mol. The van der Waals surface area contributed by atoms with E-state index in [0.29, 0.717) is 24.4 Å². The third-order valence-corrected chi connectivity index (χ3v) is 5.76. The lowest BCUT2D eigenvalue weighted by atomic mass is 9.81. The lowest BCUT2D eigenvalue weighted by Crippen LogP contribution is -2.21. The maximum absolute atomic E-state index is 13.1. The van der Waals surface area contributed by atoms with Gasteiger partial charge in [-0.25, -0.2) is 9.67 Å². The molecule has 30 heavy (non-hydrogen) atoms. The highest BCUT2D eigenvalue weighted by Gasteiger charge is 2.34. The van der Waals surface area contributed by atoms with Crippen LogP contribution in [-0.4, -0.2) is 39.8 Å². The number of aromatic nitrogens is 4. The summed E-state index contributed by atoms with van der Waals surface area (Å²) in [6, 6.07) is 13.6. The normalized spacial score (nSPS) is 16.0. The van der Waals surface area contributed by atoms with Crippen LogP contribution in [0.4, 0.5) is 0 Å². The zero-order valence-electron chi connectivity index (χ0n) is 17.1. The first kappa shape index (κ1) is 18.4. The number of methoxy groups -OCH3 is 2. The predicted octanol–water partition coefficient (Wildman–Crippen LogP) is 3.99. The Bertz CT molecular complexity index is 1240. The van der Waals surface area contributed by atoms with Crippen molar-refractivity contribution in [1.29, 1.82) is 0 Å². The van der Waals surface area contributed by atoms with Crippen molar-refractivity contribution in [3.8, 4) is 17.4 Å². The fourth-order valence-electron chi connectivity index (χ4n) is 4.35. The van der Waals surface area contributed by atoms with Gasteiger partial charge in [-0.2, -0.15) is 5.10 Å². The molecule has 2 heterocycles. The molecule has 7 nitrogen and oxygen atoms in total. The summed E-state index contributed by atoms with van der Waals surface area (Å²) in [5, 5.41) is 4.66. The molecule has 1 aliphatic rings. The van der Waals surface area contributed by atoms with E-state index in [4.69, 9.17) is 9.47 Å². The number of nitrogens with one attached hydrogen (secondary N) is 1. The monoisotopic (exact) mass is 402 g/mol. The number of carbonyl (C=O) groups excluding carboxylic acids is 1. The number of aromatic amines is 1. The number of carbonyl (C=O) groups is 1. The fraction of sp³-hybridized carbons (Fsp3) is 0.261. The van der Waals surface area contributed by atoms with Gasteiger partial charge in [0.05, 0.1) is 42.2 Å². The van der Waals surface area contributed by atoms with E-state index in [1.54, 1.807) is 18.9 Å². The van der Waals surface area contributed by atoms with Crippen molar-refractivity contribution in [3.63, 3.8) is 0 Å². The van der Waals surface area contributed by atoms with Crippen molar-refractivity contribution in [3.05, 3.63) is 65.0 Å². The highest BCUT2D eigenvalue weighted by atomic mass is 16.5. The summed E-state index contributed by atoms with van der Waals surface area (Å²) in [6.07, 6.45) is 1.09. The molecule has 0 unspecified atom stereocenters. The number of hydrogen-bond acceptors (Lipinski definition) is 5. The molecule has 0 spiro atoms. The Labute approximate surface area is 173 Å². The number of hydrogen-bond donors (Lipinski definition) is 1. The summed E-state index contributed by atoms with van der Waals surface area (Å²) in [5.74, 6) is 2.16. The van der Waals surface area contributed by atoms with E-state index in [-0.39, 0.29) is 11.7 Å². The second-order valence-electron chi connectivity index (χ2n) is 7.53. The lowest BCUT2D eigenvalue weighted by Gasteiger charge is -2.24. The van der Waals surface area contributed by atoms with E-state index < -0.39 is 0 Å². The summed E-state index contributed by atoms with van der Waals surface area (Å²) < 4.78 is 12.7. The standard InChI is InChI=1S/C23H22N4O3/c1-13-22-19(27(26-13)23-24-17-6-4-5-7-18(17)25-23)10-14(11-20(22)28)16-9-8-15(29-2)12-21(16)30-3/h4-9,12,14H,10-11H2,1-3H3,(H,24,25)/t14-/m1/s1. The van der Waals surface area contributed by atoms with Crippen LogP contribution in [-0.2, 0) is 6.42 Å². The number of imidazole rings is 1. The number of benzene rings is 2. The summed E-state index contributed by atoms with van der Waals surface area (Å²) in [7, 11) is 3.26. The Morgan fingerprint density at radius 3 is 2.70 bits per heavy atom. The topological polar surface area (TPSA) is 82.0 Å². The lowest BCUT2D eigenvalue weighted by molar-refractivity contribution is 0.0963. The van der Waals surface area contributed by atoms with E-state index in [1.165, 1.54) is 0 Å². The Morgan fingerprint density at radius 2 is 1.93 bits per heavy atom. The van der Waals surface area contributed by atoms with Gasteiger partial charge in [-0.3, -0.25) is 4.79 Å². The molecule has 0 amide bonds. The molecule has 0 bridgehead atoms. The van der Waals surface area contributed by atoms with Gasteiger partial charge in [-0.1, -0.05) is 18.2 Å². The van der Waals surface area contributed by atoms with Crippen LogP contribution in [0, 0.1) is 6.92 Å². The second-order valence-corrected chi connectivity index (χ2v) is 7.53. The molecule has 1 N–H and O–H groups in total. The maximum atomic E-state index is 13.1. The number of rotatable bonds is 4. The highest BCUT2D eigenvalue weighted by Crippen LogP contribution is 2.39. The molecule has 152 valence electrons. The number of ketones is 1. The number of fused-ring (bicyclic) bond motifs is 2. The number of nitrogens with zero attached hydrogens (tertiary/aromatic N) is 3. The van der Waals surface area contributed by atoms with Crippen LogP contribution < -0.4 is 9.47 Å². The van der Waals surface area contributed by atoms with Gasteiger partial charge in [0, 0.05) is 18.4 Å². The average molecular weight is 402 g/mol. The van der Waals surface area contributed by atoms with Crippen molar-refractivity contribution in [1.82, 2.24) is 19.7 Å². The largest absolute Gasteiger partial charge is 0.497 e. The molecule has 0 radical (unpaired) electrons. The molecule has 2 aromatic heterocycles. The van der Waals surface area contributed by atoms with Crippen molar-refractivity contribution in [2.24, 2.45) is 0 Å². The number of ether oxygens (including phenoxy) is 2. The molecule has 1 aliphatic carbocycles. The van der Waals surface area contributed by atoms with E-state index >= 15 is 0 Å². The molecule has 4 aromatic rings. The number of aryl methyl sites for hydroxylation is 1. The molecule has 0 aliphatic heterocycles. The van der Waals surface area contributed by atoms with Gasteiger partial charge in [0.25, 0.3) is 0 Å². The van der Waals surface area contributed by atoms with E-state index in [2.05, 4.69) is 15.1 Å². The first-order valence-electron chi connectivity index (χ1n) is 9.87. The van der Waals surface area contributed by atoms with Crippen LogP contribution in [0.3, 0.4) is 0 Å². The first-order chi connectivity index (χ1) is 14.6. The van der Waals surface area contributed by atoms with E-state index in [0.717, 1.165) is 39.5 Å². The first-order valence-corrected chi connectivity index (χ1v) is 9.87. The Balaban J connectivity index is 1.60. The van der Waals surface area contributed by atoms with Crippen molar-refractivity contribution in [2.75, 3.05) is 14.2 Å². The van der Waals surface area contributed by atoms with Gasteiger partial charge in [0.2, 0.25) is 5.95 Å². The van der Waals surface area contributed by atoms with Gasteiger partial charge in [0.15, 0.2) is 5.78 Å². The average Bonchev–Trinajstić information content (AvgIpc) is 3.34. The van der Waals surface area contributed by atoms with Gasteiger partial charge in [-0.15, -0.1) is 0 Å². The quantitative estimate of drug-likeness (QED) is 0.558. The summed E-state index contributed by atoms with van der Waals surface area (Å²) in [5.41, 5.74) is 5.11. The molecule has 7 heteroatoms. The molecule has 0 saturated heterocycles. The minimum absolute atomic E-state index is 0.00918. The Morgan fingerprint density at radius 1 is 1.10 bits per heavy atom. The highest BCUT2D eigenvalue weighted by molar-refractivity contribution is 6.00. The molecule has 2 aromatic carbocycles. The molecular formula is C23H22N4O3. The van der Waals surface area contributed by atoms with Gasteiger partial charge in [0.1, 0.15) is 11.5 Å². The van der Waals surface area contributed by atoms with Gasteiger partial charge in [-0.05, 0) is 37.1 Å². The summed E-state index contributed by atoms with van der Waals surface area (Å²) >= 11 is 0. The Kier molecular flexibility index (Phi) is 4.31. The molecule has 5 rings (SSSR count). The van der Waals surface area contributed by atoms with Crippen LogP contribution in [0.1, 0.15) is 39.6 Å². The van der Waals surface area contributed by atoms with Crippen LogP contribution in [0.25, 0.3) is 17.0 Å². The van der Waals surface area contributed by atoms with E-state index in [1.807, 2.05) is 49.4 Å². The maximum Gasteiger partial charge on any atom is 0.229 e. The van der Waals surface area contributed by atoms with Crippen LogP contribution in [0.2, 0.25) is 0 Å². The second kappa shape index (κ2) is 7.02. The van der Waals surface area contributed by atoms with Crippen molar-refractivity contribution in [2.45, 2.75) is 25.7 Å². The zero-order valence-corrected chi connectivity index (χ0v) is 17.1.